The van der Waals surface area contributed by atoms with E-state index in [9.17, 15) is 9.18 Å². The van der Waals surface area contributed by atoms with Crippen LogP contribution < -0.4 is 5.32 Å². The van der Waals surface area contributed by atoms with E-state index in [2.05, 4.69) is 40.4 Å². The van der Waals surface area contributed by atoms with Crippen LogP contribution >= 0.6 is 0 Å². The first-order valence-corrected chi connectivity index (χ1v) is 8.60. The molecule has 0 aliphatic heterocycles. The van der Waals surface area contributed by atoms with E-state index in [1.165, 1.54) is 5.56 Å². The Bertz CT molecular complexity index is 1160. The predicted molar refractivity (Wildman–Crippen MR) is 98.9 cm³/mol. The SMILES string of the molecule is Cc1cc2[nH]ccc2cc1-c1ccc2nc(NC(=O)[C@@H]3C[C@@H]3F)cn2c1. The summed E-state index contributed by atoms with van der Waals surface area (Å²) in [6, 6.07) is 10.3. The minimum atomic E-state index is -1.01. The number of alkyl halides is 1. The van der Waals surface area contributed by atoms with E-state index in [0.717, 1.165) is 27.7 Å². The quantitative estimate of drug-likeness (QED) is 0.586. The van der Waals surface area contributed by atoms with Crippen LogP contribution in [0, 0.1) is 12.8 Å². The van der Waals surface area contributed by atoms with E-state index < -0.39 is 12.1 Å². The van der Waals surface area contributed by atoms with Crippen LogP contribution in [0.3, 0.4) is 0 Å². The van der Waals surface area contributed by atoms with E-state index in [1.807, 2.05) is 28.9 Å². The van der Waals surface area contributed by atoms with Crippen molar-refractivity contribution < 1.29 is 9.18 Å². The molecule has 5 rings (SSSR count). The number of imidazole rings is 1. The number of hydrogen-bond acceptors (Lipinski definition) is 2. The first-order chi connectivity index (χ1) is 12.6. The van der Waals surface area contributed by atoms with E-state index in [4.69, 9.17) is 0 Å². The molecule has 6 heteroatoms. The Kier molecular flexibility index (Phi) is 3.16. The summed E-state index contributed by atoms with van der Waals surface area (Å²) in [7, 11) is 0. The average Bonchev–Trinajstić information content (AvgIpc) is 3.02. The fourth-order valence-corrected chi connectivity index (χ4v) is 3.39. The predicted octanol–water partition coefficient (Wildman–Crippen LogP) is 4.09. The Hall–Kier alpha value is -3.15. The van der Waals surface area contributed by atoms with Crippen molar-refractivity contribution in [1.29, 1.82) is 0 Å². The van der Waals surface area contributed by atoms with Crippen LogP contribution in [0.25, 0.3) is 27.7 Å². The lowest BCUT2D eigenvalue weighted by atomic mass is 10.0. The van der Waals surface area contributed by atoms with Crippen LogP contribution in [0.1, 0.15) is 12.0 Å². The summed E-state index contributed by atoms with van der Waals surface area (Å²) >= 11 is 0. The topological polar surface area (TPSA) is 62.2 Å². The summed E-state index contributed by atoms with van der Waals surface area (Å²) in [6.07, 6.45) is 4.99. The highest BCUT2D eigenvalue weighted by Gasteiger charge is 2.43. The number of pyridine rings is 1. The number of nitrogens with zero attached hydrogens (tertiary/aromatic N) is 2. The summed E-state index contributed by atoms with van der Waals surface area (Å²) in [5.41, 5.74) is 5.25. The van der Waals surface area contributed by atoms with Crippen molar-refractivity contribution in [2.75, 3.05) is 5.32 Å². The van der Waals surface area contributed by atoms with Gasteiger partial charge in [-0.1, -0.05) is 0 Å². The summed E-state index contributed by atoms with van der Waals surface area (Å²) in [5, 5.41) is 3.86. The lowest BCUT2D eigenvalue weighted by Crippen LogP contribution is -2.15. The van der Waals surface area contributed by atoms with Gasteiger partial charge in [0.15, 0.2) is 5.82 Å². The molecule has 0 saturated heterocycles. The zero-order chi connectivity index (χ0) is 17.8. The number of aromatic nitrogens is 3. The van der Waals surface area contributed by atoms with Crippen LogP contribution in [-0.4, -0.2) is 26.4 Å². The van der Waals surface area contributed by atoms with Crippen molar-refractivity contribution in [2.24, 2.45) is 5.92 Å². The second-order valence-corrected chi connectivity index (χ2v) is 6.89. The van der Waals surface area contributed by atoms with Gasteiger partial charge in [0.1, 0.15) is 11.8 Å². The molecular weight excluding hydrogens is 331 g/mol. The minimum Gasteiger partial charge on any atom is -0.361 e. The molecule has 1 aliphatic rings. The van der Waals surface area contributed by atoms with Gasteiger partial charge in [0.05, 0.1) is 12.1 Å². The summed E-state index contributed by atoms with van der Waals surface area (Å²) in [6.45, 7) is 2.09. The Labute approximate surface area is 148 Å². The van der Waals surface area contributed by atoms with Gasteiger partial charge < -0.3 is 14.7 Å². The molecule has 0 spiro atoms. The second kappa shape index (κ2) is 5.42. The molecule has 1 aliphatic carbocycles. The lowest BCUT2D eigenvalue weighted by molar-refractivity contribution is -0.117. The molecular formula is C20H17FN4O. The number of hydrogen-bond donors (Lipinski definition) is 2. The number of anilines is 1. The molecule has 1 saturated carbocycles. The highest BCUT2D eigenvalue weighted by atomic mass is 19.1. The number of fused-ring (bicyclic) bond motifs is 2. The molecule has 3 heterocycles. The third-order valence-corrected chi connectivity index (χ3v) is 4.96. The van der Waals surface area contributed by atoms with Gasteiger partial charge in [0, 0.05) is 17.9 Å². The Morgan fingerprint density at radius 1 is 1.31 bits per heavy atom. The van der Waals surface area contributed by atoms with Crippen molar-refractivity contribution in [3.05, 3.63) is 54.5 Å². The van der Waals surface area contributed by atoms with Crippen LogP contribution in [0.2, 0.25) is 0 Å². The smallest absolute Gasteiger partial charge is 0.231 e. The van der Waals surface area contributed by atoms with Gasteiger partial charge in [-0.05, 0) is 65.8 Å². The molecule has 2 N–H and O–H groups in total. The lowest BCUT2D eigenvalue weighted by Gasteiger charge is -2.07. The summed E-state index contributed by atoms with van der Waals surface area (Å²) in [4.78, 5) is 19.5. The van der Waals surface area contributed by atoms with E-state index in [0.29, 0.717) is 12.2 Å². The minimum absolute atomic E-state index is 0.296. The van der Waals surface area contributed by atoms with Gasteiger partial charge in [-0.15, -0.1) is 0 Å². The second-order valence-electron chi connectivity index (χ2n) is 6.89. The number of aryl methyl sites for hydroxylation is 1. The van der Waals surface area contributed by atoms with Crippen molar-refractivity contribution in [3.63, 3.8) is 0 Å². The highest BCUT2D eigenvalue weighted by molar-refractivity contribution is 5.94. The van der Waals surface area contributed by atoms with Crippen molar-refractivity contribution in [2.45, 2.75) is 19.5 Å². The Morgan fingerprint density at radius 3 is 2.96 bits per heavy atom. The molecule has 3 aromatic heterocycles. The van der Waals surface area contributed by atoms with Gasteiger partial charge in [0.2, 0.25) is 5.91 Å². The standard InChI is InChI=1S/C20H17FN4O/c1-11-6-17-12(4-5-22-17)7-14(11)13-2-3-19-23-18(10-25(19)9-13)24-20(26)15-8-16(15)21/h2-7,9-10,15-16,22H,8H2,1H3,(H,24,26)/t15-,16+/m1/s1. The number of H-pyrrole nitrogens is 1. The maximum atomic E-state index is 13.0. The van der Waals surface area contributed by atoms with Gasteiger partial charge in [0.25, 0.3) is 0 Å². The highest BCUT2D eigenvalue weighted by Crippen LogP contribution is 2.34. The molecule has 1 fully saturated rings. The first-order valence-electron chi connectivity index (χ1n) is 8.60. The molecule has 130 valence electrons. The zero-order valence-corrected chi connectivity index (χ0v) is 14.2. The van der Waals surface area contributed by atoms with E-state index >= 15 is 0 Å². The largest absolute Gasteiger partial charge is 0.361 e. The monoisotopic (exact) mass is 348 g/mol. The molecule has 5 nitrogen and oxygen atoms in total. The van der Waals surface area contributed by atoms with Crippen molar-refractivity contribution in [3.8, 4) is 11.1 Å². The van der Waals surface area contributed by atoms with Crippen molar-refractivity contribution in [1.82, 2.24) is 14.4 Å². The maximum absolute atomic E-state index is 13.0. The maximum Gasteiger partial charge on any atom is 0.231 e. The molecule has 0 bridgehead atoms. The Balaban J connectivity index is 1.50. The zero-order valence-electron chi connectivity index (χ0n) is 14.2. The van der Waals surface area contributed by atoms with Crippen molar-refractivity contribution >= 4 is 28.3 Å². The van der Waals surface area contributed by atoms with E-state index in [-0.39, 0.29) is 5.91 Å². The number of rotatable bonds is 3. The van der Waals surface area contributed by atoms with Gasteiger partial charge in [-0.2, -0.15) is 0 Å². The molecule has 0 unspecified atom stereocenters. The molecule has 2 atom stereocenters. The fraction of sp³-hybridized carbons (Fsp3) is 0.200. The number of aromatic amines is 1. The number of nitrogens with one attached hydrogen (secondary N) is 2. The Morgan fingerprint density at radius 2 is 2.15 bits per heavy atom. The third kappa shape index (κ3) is 2.45. The molecule has 0 radical (unpaired) electrons. The van der Waals surface area contributed by atoms with Crippen LogP contribution in [0.15, 0.2) is 48.9 Å². The molecule has 1 amide bonds. The number of carbonyl (C=O) groups is 1. The van der Waals surface area contributed by atoms with Gasteiger partial charge in [-0.3, -0.25) is 4.79 Å². The van der Waals surface area contributed by atoms with Gasteiger partial charge in [-0.25, -0.2) is 9.37 Å². The molecule has 26 heavy (non-hydrogen) atoms. The molecule has 4 aromatic rings. The molecule has 1 aromatic carbocycles. The normalized spacial score (nSPS) is 19.2. The summed E-state index contributed by atoms with van der Waals surface area (Å²) < 4.78 is 14.9. The first kappa shape index (κ1) is 15.1. The third-order valence-electron chi connectivity index (χ3n) is 4.96. The fourth-order valence-electron chi connectivity index (χ4n) is 3.39. The van der Waals surface area contributed by atoms with E-state index in [1.54, 1.807) is 6.20 Å². The van der Waals surface area contributed by atoms with Crippen LogP contribution in [0.5, 0.6) is 0 Å². The van der Waals surface area contributed by atoms with Crippen LogP contribution in [0.4, 0.5) is 10.2 Å². The summed E-state index contributed by atoms with van der Waals surface area (Å²) in [5.74, 6) is -0.370. The number of carbonyl (C=O) groups excluding carboxylic acids is 1. The number of benzene rings is 1. The van der Waals surface area contributed by atoms with Gasteiger partial charge >= 0.3 is 0 Å². The van der Waals surface area contributed by atoms with Crippen LogP contribution in [-0.2, 0) is 4.79 Å². The number of halogens is 1. The number of amides is 1. The average molecular weight is 348 g/mol.